The van der Waals surface area contributed by atoms with Crippen LogP contribution in [-0.4, -0.2) is 28.0 Å². The van der Waals surface area contributed by atoms with E-state index in [0.717, 1.165) is 25.7 Å². The van der Waals surface area contributed by atoms with Gasteiger partial charge in [-0.3, -0.25) is 4.79 Å². The van der Waals surface area contributed by atoms with Crippen LogP contribution in [0.5, 0.6) is 0 Å². The molecule has 0 aromatic carbocycles. The molecule has 3 nitrogen and oxygen atoms in total. The molecule has 0 aromatic rings. The Labute approximate surface area is 106 Å². The van der Waals surface area contributed by atoms with Crippen molar-refractivity contribution in [1.82, 2.24) is 5.32 Å². The Morgan fingerprint density at radius 1 is 1.38 bits per heavy atom. The molecule has 1 aliphatic carbocycles. The highest BCUT2D eigenvalue weighted by molar-refractivity contribution is 9.10. The van der Waals surface area contributed by atoms with Crippen molar-refractivity contribution in [3.05, 3.63) is 0 Å². The summed E-state index contributed by atoms with van der Waals surface area (Å²) in [6, 6.07) is 0. The Hall–Kier alpha value is -0.0900. The smallest absolute Gasteiger partial charge is 0.233 e. The summed E-state index contributed by atoms with van der Waals surface area (Å²) in [4.78, 5) is 11.2. The van der Waals surface area contributed by atoms with Crippen molar-refractivity contribution in [2.75, 3.05) is 6.54 Å². The van der Waals surface area contributed by atoms with Gasteiger partial charge in [0.2, 0.25) is 5.91 Å². The van der Waals surface area contributed by atoms with Gasteiger partial charge in [0.05, 0.1) is 10.4 Å². The van der Waals surface area contributed by atoms with Crippen molar-refractivity contribution < 1.29 is 9.90 Å². The zero-order valence-corrected chi connectivity index (χ0v) is 11.9. The first-order valence-electron chi connectivity index (χ1n) is 5.88. The molecule has 0 radical (unpaired) electrons. The van der Waals surface area contributed by atoms with E-state index in [2.05, 4.69) is 35.1 Å². The lowest BCUT2D eigenvalue weighted by atomic mass is 9.71. The van der Waals surface area contributed by atoms with Gasteiger partial charge in [-0.25, -0.2) is 0 Å². The Kier molecular flexibility index (Phi) is 4.41. The average Bonchev–Trinajstić information content (AvgIpc) is 2.20. The van der Waals surface area contributed by atoms with E-state index in [1.54, 1.807) is 6.92 Å². The zero-order chi connectivity index (χ0) is 12.4. The molecular weight excluding hydrogens is 270 g/mol. The van der Waals surface area contributed by atoms with E-state index in [0.29, 0.717) is 12.0 Å². The minimum atomic E-state index is -0.701. The number of carbonyl (C=O) groups excluding carboxylic acids is 1. The molecule has 0 aliphatic heterocycles. The van der Waals surface area contributed by atoms with Crippen molar-refractivity contribution >= 4 is 21.8 Å². The second-order valence-electron chi connectivity index (χ2n) is 5.72. The molecule has 0 heterocycles. The summed E-state index contributed by atoms with van der Waals surface area (Å²) < 4.78 is 0. The molecule has 4 heteroatoms. The normalized spacial score (nSPS) is 24.8. The molecule has 94 valence electrons. The Balaban J connectivity index is 2.40. The van der Waals surface area contributed by atoms with Gasteiger partial charge in [-0.05, 0) is 38.0 Å². The number of rotatable bonds is 3. The minimum absolute atomic E-state index is 0.0572. The maximum Gasteiger partial charge on any atom is 0.233 e. The molecule has 1 unspecified atom stereocenters. The predicted octanol–water partition coefficient (Wildman–Crippen LogP) is 2.22. The lowest BCUT2D eigenvalue weighted by Crippen LogP contribution is -2.47. The molecule has 1 aliphatic rings. The maximum absolute atomic E-state index is 11.4. The third-order valence-corrected chi connectivity index (χ3v) is 3.90. The standard InChI is InChI=1S/C12H22BrNO2/c1-9(13)10(15)14-8-12(16)6-4-11(2,3)5-7-12/h9,16H,4-8H2,1-3H3,(H,14,15). The Bertz CT molecular complexity index is 254. The minimum Gasteiger partial charge on any atom is -0.388 e. The van der Waals surface area contributed by atoms with Gasteiger partial charge < -0.3 is 10.4 Å². The fraction of sp³-hybridized carbons (Fsp3) is 0.917. The molecule has 1 amide bonds. The number of alkyl halides is 1. The lowest BCUT2D eigenvalue weighted by Gasteiger charge is -2.40. The van der Waals surface area contributed by atoms with Gasteiger partial charge in [-0.1, -0.05) is 29.8 Å². The largest absolute Gasteiger partial charge is 0.388 e. The SMILES string of the molecule is CC(Br)C(=O)NCC1(O)CCC(C)(C)CC1. The number of amides is 1. The fourth-order valence-electron chi connectivity index (χ4n) is 1.96. The highest BCUT2D eigenvalue weighted by atomic mass is 79.9. The molecular formula is C12H22BrNO2. The van der Waals surface area contributed by atoms with Crippen LogP contribution < -0.4 is 5.32 Å². The third-order valence-electron chi connectivity index (χ3n) is 3.49. The predicted molar refractivity (Wildman–Crippen MR) is 68.6 cm³/mol. The van der Waals surface area contributed by atoms with Crippen molar-refractivity contribution in [2.45, 2.75) is 56.9 Å². The second-order valence-corrected chi connectivity index (χ2v) is 7.10. The van der Waals surface area contributed by atoms with Crippen LogP contribution in [0.1, 0.15) is 46.5 Å². The molecule has 0 aromatic heterocycles. The van der Waals surface area contributed by atoms with Gasteiger partial charge in [-0.15, -0.1) is 0 Å². The Morgan fingerprint density at radius 2 is 1.88 bits per heavy atom. The van der Waals surface area contributed by atoms with Crippen LogP contribution in [0.15, 0.2) is 0 Å². The van der Waals surface area contributed by atoms with Crippen LogP contribution in [-0.2, 0) is 4.79 Å². The molecule has 1 rings (SSSR count). The molecule has 0 spiro atoms. The summed E-state index contributed by atoms with van der Waals surface area (Å²) in [5.74, 6) is -0.0572. The van der Waals surface area contributed by atoms with E-state index >= 15 is 0 Å². The summed E-state index contributed by atoms with van der Waals surface area (Å²) in [5.41, 5.74) is -0.369. The van der Waals surface area contributed by atoms with Gasteiger partial charge in [0.15, 0.2) is 0 Å². The molecule has 1 fully saturated rings. The van der Waals surface area contributed by atoms with Crippen molar-refractivity contribution in [2.24, 2.45) is 5.41 Å². The van der Waals surface area contributed by atoms with Gasteiger partial charge >= 0.3 is 0 Å². The van der Waals surface area contributed by atoms with Crippen molar-refractivity contribution in [3.63, 3.8) is 0 Å². The summed E-state index contributed by atoms with van der Waals surface area (Å²) >= 11 is 3.21. The van der Waals surface area contributed by atoms with E-state index in [9.17, 15) is 9.90 Å². The molecule has 2 N–H and O–H groups in total. The van der Waals surface area contributed by atoms with Gasteiger partial charge in [-0.2, -0.15) is 0 Å². The number of halogens is 1. The molecule has 0 saturated heterocycles. The number of hydrogen-bond acceptors (Lipinski definition) is 2. The topological polar surface area (TPSA) is 49.3 Å². The van der Waals surface area contributed by atoms with Crippen LogP contribution in [0, 0.1) is 5.41 Å². The van der Waals surface area contributed by atoms with E-state index in [1.165, 1.54) is 0 Å². The summed E-state index contributed by atoms with van der Waals surface area (Å²) in [6.45, 7) is 6.61. The summed E-state index contributed by atoms with van der Waals surface area (Å²) in [5, 5.41) is 13.1. The van der Waals surface area contributed by atoms with Crippen LogP contribution >= 0.6 is 15.9 Å². The van der Waals surface area contributed by atoms with E-state index in [4.69, 9.17) is 0 Å². The van der Waals surface area contributed by atoms with Crippen molar-refractivity contribution in [1.29, 1.82) is 0 Å². The fourth-order valence-corrected chi connectivity index (χ4v) is 2.12. The molecule has 0 bridgehead atoms. The summed E-state index contributed by atoms with van der Waals surface area (Å²) in [7, 11) is 0. The first-order chi connectivity index (χ1) is 7.24. The average molecular weight is 292 g/mol. The highest BCUT2D eigenvalue weighted by Crippen LogP contribution is 2.39. The van der Waals surface area contributed by atoms with Gasteiger partial charge in [0.1, 0.15) is 0 Å². The highest BCUT2D eigenvalue weighted by Gasteiger charge is 2.36. The monoisotopic (exact) mass is 291 g/mol. The maximum atomic E-state index is 11.4. The van der Waals surface area contributed by atoms with E-state index < -0.39 is 5.60 Å². The number of nitrogens with one attached hydrogen (secondary N) is 1. The van der Waals surface area contributed by atoms with Gasteiger partial charge in [0, 0.05) is 6.54 Å². The van der Waals surface area contributed by atoms with Crippen molar-refractivity contribution in [3.8, 4) is 0 Å². The molecule has 1 atom stereocenters. The van der Waals surface area contributed by atoms with E-state index in [1.807, 2.05) is 0 Å². The number of aliphatic hydroxyl groups is 1. The van der Waals surface area contributed by atoms with Crippen LogP contribution in [0.3, 0.4) is 0 Å². The first-order valence-corrected chi connectivity index (χ1v) is 6.80. The molecule has 16 heavy (non-hydrogen) atoms. The van der Waals surface area contributed by atoms with Crippen LogP contribution in [0.4, 0.5) is 0 Å². The summed E-state index contributed by atoms with van der Waals surface area (Å²) in [6.07, 6.45) is 3.58. The quantitative estimate of drug-likeness (QED) is 0.784. The van der Waals surface area contributed by atoms with Crippen LogP contribution in [0.2, 0.25) is 0 Å². The van der Waals surface area contributed by atoms with Gasteiger partial charge in [0.25, 0.3) is 0 Å². The lowest BCUT2D eigenvalue weighted by molar-refractivity contribution is -0.122. The zero-order valence-electron chi connectivity index (χ0n) is 10.3. The first kappa shape index (κ1) is 14.0. The van der Waals surface area contributed by atoms with Crippen LogP contribution in [0.25, 0.3) is 0 Å². The molecule has 1 saturated carbocycles. The second kappa shape index (κ2) is 5.05. The third kappa shape index (κ3) is 4.06. The number of hydrogen-bond donors (Lipinski definition) is 2. The van der Waals surface area contributed by atoms with E-state index in [-0.39, 0.29) is 10.7 Å². The Morgan fingerprint density at radius 3 is 2.31 bits per heavy atom. The number of carbonyl (C=O) groups is 1.